The number of para-hydroxylation sites is 2. The van der Waals surface area contributed by atoms with Gasteiger partial charge < -0.3 is 10.6 Å². The Hall–Kier alpha value is -2.82. The molecule has 0 saturated heterocycles. The van der Waals surface area contributed by atoms with Gasteiger partial charge in [0.1, 0.15) is 6.04 Å². The van der Waals surface area contributed by atoms with Crippen molar-refractivity contribution in [3.05, 3.63) is 60.2 Å². The number of nitrogens with zero attached hydrogens (tertiary/aromatic N) is 1. The molecule has 5 nitrogen and oxygen atoms in total. The Labute approximate surface area is 135 Å². The molecule has 1 unspecified atom stereocenters. The average molecular weight is 309 g/mol. The van der Waals surface area contributed by atoms with E-state index in [2.05, 4.69) is 10.6 Å². The number of likely N-dealkylation sites (N-methyl/N-ethyl adjacent to an activating group) is 1. The van der Waals surface area contributed by atoms with Crippen LogP contribution in [-0.2, 0) is 11.2 Å². The molecule has 1 aliphatic heterocycles. The number of rotatable bonds is 3. The lowest BCUT2D eigenvalue weighted by Gasteiger charge is -2.25. The highest BCUT2D eigenvalue weighted by Gasteiger charge is 2.38. The van der Waals surface area contributed by atoms with E-state index in [1.165, 1.54) is 0 Å². The van der Waals surface area contributed by atoms with Gasteiger partial charge in [0.25, 0.3) is 0 Å². The smallest absolute Gasteiger partial charge is 0.327 e. The minimum Gasteiger partial charge on any atom is -0.355 e. The van der Waals surface area contributed by atoms with Crippen molar-refractivity contribution in [1.29, 1.82) is 0 Å². The van der Waals surface area contributed by atoms with Crippen molar-refractivity contribution in [2.75, 3.05) is 16.8 Å². The molecule has 1 heterocycles. The van der Waals surface area contributed by atoms with Crippen LogP contribution in [0, 0.1) is 0 Å². The van der Waals surface area contributed by atoms with E-state index in [4.69, 9.17) is 0 Å². The Morgan fingerprint density at radius 2 is 1.78 bits per heavy atom. The van der Waals surface area contributed by atoms with Gasteiger partial charge in [0.2, 0.25) is 5.91 Å². The molecule has 2 aromatic carbocycles. The molecule has 3 amide bonds. The second-order valence-corrected chi connectivity index (χ2v) is 5.41. The summed E-state index contributed by atoms with van der Waals surface area (Å²) in [6.45, 7) is 2.41. The molecule has 0 radical (unpaired) electrons. The summed E-state index contributed by atoms with van der Waals surface area (Å²) in [6.07, 6.45) is 0.532. The second kappa shape index (κ2) is 6.52. The third kappa shape index (κ3) is 3.04. The SMILES string of the molecule is CCNC(=O)C1Cc2ccccc2N1C(=O)Nc1ccccc1. The molecule has 3 rings (SSSR count). The molecule has 2 N–H and O–H groups in total. The van der Waals surface area contributed by atoms with Crippen molar-refractivity contribution in [3.63, 3.8) is 0 Å². The van der Waals surface area contributed by atoms with Crippen LogP contribution in [0.15, 0.2) is 54.6 Å². The highest BCUT2D eigenvalue weighted by atomic mass is 16.2. The van der Waals surface area contributed by atoms with Crippen molar-refractivity contribution in [2.24, 2.45) is 0 Å². The van der Waals surface area contributed by atoms with Gasteiger partial charge in [-0.2, -0.15) is 0 Å². The number of hydrogen-bond donors (Lipinski definition) is 2. The fraction of sp³-hybridized carbons (Fsp3) is 0.222. The number of benzene rings is 2. The van der Waals surface area contributed by atoms with Crippen LogP contribution in [0.25, 0.3) is 0 Å². The first-order valence-electron chi connectivity index (χ1n) is 7.71. The van der Waals surface area contributed by atoms with Crippen molar-refractivity contribution in [3.8, 4) is 0 Å². The molecule has 0 aliphatic carbocycles. The average Bonchev–Trinajstić information content (AvgIpc) is 2.95. The van der Waals surface area contributed by atoms with Gasteiger partial charge in [0.15, 0.2) is 0 Å². The van der Waals surface area contributed by atoms with E-state index in [1.54, 1.807) is 4.90 Å². The van der Waals surface area contributed by atoms with E-state index in [-0.39, 0.29) is 11.9 Å². The summed E-state index contributed by atoms with van der Waals surface area (Å²) >= 11 is 0. The largest absolute Gasteiger partial charge is 0.355 e. The van der Waals surface area contributed by atoms with Gasteiger partial charge in [0, 0.05) is 24.3 Å². The molecule has 118 valence electrons. The minimum absolute atomic E-state index is 0.132. The molecule has 5 heteroatoms. The van der Waals surface area contributed by atoms with Crippen LogP contribution >= 0.6 is 0 Å². The molecular weight excluding hydrogens is 290 g/mol. The molecule has 0 aromatic heterocycles. The maximum Gasteiger partial charge on any atom is 0.327 e. The topological polar surface area (TPSA) is 61.4 Å². The lowest BCUT2D eigenvalue weighted by Crippen LogP contribution is -2.49. The highest BCUT2D eigenvalue weighted by molar-refractivity contribution is 6.08. The molecule has 2 aromatic rings. The van der Waals surface area contributed by atoms with Crippen LogP contribution in [0.5, 0.6) is 0 Å². The summed E-state index contributed by atoms with van der Waals surface area (Å²) < 4.78 is 0. The minimum atomic E-state index is -0.518. The predicted molar refractivity (Wildman–Crippen MR) is 90.6 cm³/mol. The lowest BCUT2D eigenvalue weighted by atomic mass is 10.1. The summed E-state index contributed by atoms with van der Waals surface area (Å²) in [6, 6.07) is 16.1. The first-order chi connectivity index (χ1) is 11.2. The molecule has 0 spiro atoms. The Morgan fingerprint density at radius 1 is 1.09 bits per heavy atom. The number of urea groups is 1. The van der Waals surface area contributed by atoms with E-state index in [0.29, 0.717) is 18.7 Å². The Morgan fingerprint density at radius 3 is 2.52 bits per heavy atom. The summed E-state index contributed by atoms with van der Waals surface area (Å²) in [7, 11) is 0. The molecule has 0 saturated carbocycles. The van der Waals surface area contributed by atoms with Gasteiger partial charge in [-0.3, -0.25) is 9.69 Å². The van der Waals surface area contributed by atoms with Crippen molar-refractivity contribution < 1.29 is 9.59 Å². The van der Waals surface area contributed by atoms with Gasteiger partial charge in [0.05, 0.1) is 0 Å². The van der Waals surface area contributed by atoms with E-state index in [1.807, 2.05) is 61.5 Å². The monoisotopic (exact) mass is 309 g/mol. The summed E-state index contributed by atoms with van der Waals surface area (Å²) in [5.74, 6) is -0.132. The fourth-order valence-electron chi connectivity index (χ4n) is 2.84. The Kier molecular flexibility index (Phi) is 4.28. The third-order valence-electron chi connectivity index (χ3n) is 3.87. The zero-order valence-corrected chi connectivity index (χ0v) is 13.0. The first-order valence-corrected chi connectivity index (χ1v) is 7.71. The van der Waals surface area contributed by atoms with Crippen LogP contribution in [0.3, 0.4) is 0 Å². The van der Waals surface area contributed by atoms with Crippen LogP contribution in [-0.4, -0.2) is 24.5 Å². The van der Waals surface area contributed by atoms with E-state index < -0.39 is 6.04 Å². The molecule has 0 fully saturated rings. The van der Waals surface area contributed by atoms with E-state index in [0.717, 1.165) is 11.3 Å². The Balaban J connectivity index is 1.88. The van der Waals surface area contributed by atoms with Gasteiger partial charge in [-0.25, -0.2) is 4.79 Å². The number of anilines is 2. The van der Waals surface area contributed by atoms with Crippen molar-refractivity contribution in [1.82, 2.24) is 5.32 Å². The van der Waals surface area contributed by atoms with Crippen LogP contribution < -0.4 is 15.5 Å². The Bertz CT molecular complexity index is 715. The van der Waals surface area contributed by atoms with Gasteiger partial charge in [-0.15, -0.1) is 0 Å². The van der Waals surface area contributed by atoms with Crippen molar-refractivity contribution in [2.45, 2.75) is 19.4 Å². The van der Waals surface area contributed by atoms with Crippen LogP contribution in [0.4, 0.5) is 16.2 Å². The predicted octanol–water partition coefficient (Wildman–Crippen LogP) is 2.79. The van der Waals surface area contributed by atoms with E-state index in [9.17, 15) is 9.59 Å². The van der Waals surface area contributed by atoms with Gasteiger partial charge in [-0.1, -0.05) is 36.4 Å². The summed E-state index contributed by atoms with van der Waals surface area (Å²) in [5, 5.41) is 5.67. The van der Waals surface area contributed by atoms with Gasteiger partial charge >= 0.3 is 6.03 Å². The second-order valence-electron chi connectivity index (χ2n) is 5.41. The molecule has 0 bridgehead atoms. The fourth-order valence-corrected chi connectivity index (χ4v) is 2.84. The van der Waals surface area contributed by atoms with Crippen molar-refractivity contribution >= 4 is 23.3 Å². The molecule has 1 aliphatic rings. The number of fused-ring (bicyclic) bond motifs is 1. The number of hydrogen-bond acceptors (Lipinski definition) is 2. The van der Waals surface area contributed by atoms with E-state index >= 15 is 0 Å². The summed E-state index contributed by atoms with van der Waals surface area (Å²) in [4.78, 5) is 26.6. The first kappa shape index (κ1) is 15.1. The standard InChI is InChI=1S/C18H19N3O2/c1-2-19-17(22)16-12-13-8-6-7-11-15(13)21(16)18(23)20-14-9-4-3-5-10-14/h3-11,16H,2,12H2,1H3,(H,19,22)(H,20,23). The number of carbonyl (C=O) groups is 2. The van der Waals surface area contributed by atoms with Gasteiger partial charge in [-0.05, 0) is 30.7 Å². The molecule has 1 atom stereocenters. The molecular formula is C18H19N3O2. The molecule has 23 heavy (non-hydrogen) atoms. The number of amides is 3. The van der Waals surface area contributed by atoms with Crippen LogP contribution in [0.1, 0.15) is 12.5 Å². The highest BCUT2D eigenvalue weighted by Crippen LogP contribution is 2.32. The zero-order chi connectivity index (χ0) is 16.2. The lowest BCUT2D eigenvalue weighted by molar-refractivity contribution is -0.122. The number of nitrogens with one attached hydrogen (secondary N) is 2. The number of carbonyl (C=O) groups excluding carboxylic acids is 2. The normalized spacial score (nSPS) is 15.9. The van der Waals surface area contributed by atoms with Crippen LogP contribution in [0.2, 0.25) is 0 Å². The maximum absolute atomic E-state index is 12.7. The zero-order valence-electron chi connectivity index (χ0n) is 13.0. The maximum atomic E-state index is 12.7. The third-order valence-corrected chi connectivity index (χ3v) is 3.87. The quantitative estimate of drug-likeness (QED) is 0.916. The summed E-state index contributed by atoms with van der Waals surface area (Å²) in [5.41, 5.74) is 2.50.